The van der Waals surface area contributed by atoms with Crippen molar-refractivity contribution in [2.24, 2.45) is 11.8 Å². The predicted octanol–water partition coefficient (Wildman–Crippen LogP) is 2.22. The van der Waals surface area contributed by atoms with Crippen molar-refractivity contribution >= 4 is 17.3 Å². The number of piperidine rings is 1. The van der Waals surface area contributed by atoms with Gasteiger partial charge < -0.3 is 20.5 Å². The average molecular weight is 335 g/mol. The van der Waals surface area contributed by atoms with Crippen LogP contribution in [0.3, 0.4) is 0 Å². The molecule has 2 rings (SSSR count). The fourth-order valence-corrected chi connectivity index (χ4v) is 3.18. The molecule has 1 aliphatic heterocycles. The molecule has 1 fully saturated rings. The maximum atomic E-state index is 12.2. The number of carbonyl (C=O) groups is 1. The fraction of sp³-hybridized carbons (Fsp3) is 0.667. The van der Waals surface area contributed by atoms with Gasteiger partial charge in [-0.15, -0.1) is 0 Å². The number of pyridine rings is 1. The van der Waals surface area contributed by atoms with Crippen LogP contribution in [0.25, 0.3) is 0 Å². The Hall–Kier alpha value is -1.82. The van der Waals surface area contributed by atoms with E-state index in [9.17, 15) is 9.90 Å². The van der Waals surface area contributed by atoms with E-state index in [4.69, 9.17) is 10.5 Å². The molecule has 0 bridgehead atoms. The molecule has 3 atom stereocenters. The van der Waals surface area contributed by atoms with E-state index in [2.05, 4.69) is 9.88 Å². The van der Waals surface area contributed by atoms with Crippen molar-refractivity contribution < 1.29 is 14.6 Å². The molecule has 134 valence electrons. The highest BCUT2D eigenvalue weighted by atomic mass is 16.6. The molecule has 0 saturated carbocycles. The van der Waals surface area contributed by atoms with Crippen LogP contribution in [-0.4, -0.2) is 40.4 Å². The summed E-state index contributed by atoms with van der Waals surface area (Å²) in [5.41, 5.74) is 6.06. The molecule has 1 aliphatic rings. The standard InChI is InChI=1S/C18H29N3O3/c1-12-10-21(15-6-7-20-9-14(15)19)11-13(18(12,5)23)8-16(22)24-17(2,3)4/h6-7,9,12-13,23H,8,10-11,19H2,1-5H3/t12-,13+,18+/m0/s1. The van der Waals surface area contributed by atoms with Gasteiger partial charge in [-0.05, 0) is 33.8 Å². The maximum Gasteiger partial charge on any atom is 0.306 e. The Morgan fingerprint density at radius 1 is 1.50 bits per heavy atom. The summed E-state index contributed by atoms with van der Waals surface area (Å²) in [6.45, 7) is 10.5. The Morgan fingerprint density at radius 2 is 2.17 bits per heavy atom. The van der Waals surface area contributed by atoms with E-state index in [1.54, 1.807) is 19.3 Å². The molecule has 3 N–H and O–H groups in total. The number of hydrogen-bond donors (Lipinski definition) is 2. The zero-order valence-electron chi connectivity index (χ0n) is 15.2. The first-order valence-corrected chi connectivity index (χ1v) is 8.39. The molecule has 0 aliphatic carbocycles. The van der Waals surface area contributed by atoms with Gasteiger partial charge in [-0.3, -0.25) is 9.78 Å². The summed E-state index contributed by atoms with van der Waals surface area (Å²) in [6.07, 6.45) is 3.50. The van der Waals surface area contributed by atoms with Crippen molar-refractivity contribution in [1.29, 1.82) is 0 Å². The van der Waals surface area contributed by atoms with Crippen LogP contribution in [0.1, 0.15) is 41.0 Å². The van der Waals surface area contributed by atoms with Crippen LogP contribution in [0.5, 0.6) is 0 Å². The Morgan fingerprint density at radius 3 is 2.75 bits per heavy atom. The topological polar surface area (TPSA) is 88.7 Å². The molecule has 1 aromatic rings. The smallest absolute Gasteiger partial charge is 0.306 e. The molecule has 0 aromatic carbocycles. The second kappa shape index (κ2) is 6.59. The van der Waals surface area contributed by atoms with E-state index in [1.165, 1.54) is 0 Å². The molecule has 0 radical (unpaired) electrons. The van der Waals surface area contributed by atoms with Crippen LogP contribution in [0.2, 0.25) is 0 Å². The first-order chi connectivity index (χ1) is 11.0. The van der Waals surface area contributed by atoms with Crippen LogP contribution in [-0.2, 0) is 9.53 Å². The van der Waals surface area contributed by atoms with E-state index in [0.29, 0.717) is 18.8 Å². The minimum absolute atomic E-state index is 0.00810. The average Bonchev–Trinajstić information content (AvgIpc) is 2.42. The number of nitrogen functional groups attached to an aromatic ring is 1. The lowest BCUT2D eigenvalue weighted by Gasteiger charge is -2.48. The van der Waals surface area contributed by atoms with Crippen molar-refractivity contribution in [1.82, 2.24) is 4.98 Å². The van der Waals surface area contributed by atoms with E-state index in [1.807, 2.05) is 33.8 Å². The van der Waals surface area contributed by atoms with Gasteiger partial charge in [0.25, 0.3) is 0 Å². The number of carbonyl (C=O) groups excluding carboxylic acids is 1. The highest BCUT2D eigenvalue weighted by Gasteiger charge is 2.44. The van der Waals surface area contributed by atoms with Gasteiger partial charge in [0.15, 0.2) is 0 Å². The quantitative estimate of drug-likeness (QED) is 0.824. The lowest BCUT2D eigenvalue weighted by molar-refractivity contribution is -0.160. The van der Waals surface area contributed by atoms with E-state index in [0.717, 1.165) is 5.69 Å². The number of ether oxygens (including phenoxy) is 1. The summed E-state index contributed by atoms with van der Waals surface area (Å²) in [7, 11) is 0. The number of esters is 1. The van der Waals surface area contributed by atoms with Gasteiger partial charge in [0.05, 0.1) is 29.6 Å². The van der Waals surface area contributed by atoms with Gasteiger partial charge in [-0.2, -0.15) is 0 Å². The fourth-order valence-electron chi connectivity index (χ4n) is 3.18. The zero-order valence-corrected chi connectivity index (χ0v) is 15.2. The SMILES string of the molecule is C[C@H]1CN(c2ccncc2N)C[C@@H](CC(=O)OC(C)(C)C)[C@]1(C)O. The van der Waals surface area contributed by atoms with Crippen LogP contribution in [0, 0.1) is 11.8 Å². The number of hydrogen-bond acceptors (Lipinski definition) is 6. The summed E-state index contributed by atoms with van der Waals surface area (Å²) in [5.74, 6) is -0.528. The first-order valence-electron chi connectivity index (χ1n) is 8.39. The molecule has 24 heavy (non-hydrogen) atoms. The molecule has 0 unspecified atom stereocenters. The summed E-state index contributed by atoms with van der Waals surface area (Å²) >= 11 is 0. The van der Waals surface area contributed by atoms with Crippen molar-refractivity contribution in [3.05, 3.63) is 18.5 Å². The third-order valence-electron chi connectivity index (χ3n) is 4.76. The Bertz CT molecular complexity index is 595. The lowest BCUT2D eigenvalue weighted by Crippen LogP contribution is -2.56. The second-order valence-electron chi connectivity index (χ2n) is 7.95. The van der Waals surface area contributed by atoms with Crippen LogP contribution in [0.15, 0.2) is 18.5 Å². The molecule has 6 heteroatoms. The van der Waals surface area contributed by atoms with Gasteiger partial charge >= 0.3 is 5.97 Å². The Labute approximate surface area is 144 Å². The largest absolute Gasteiger partial charge is 0.460 e. The minimum Gasteiger partial charge on any atom is -0.460 e. The van der Waals surface area contributed by atoms with Crippen molar-refractivity contribution in [3.8, 4) is 0 Å². The molecule has 1 aromatic heterocycles. The van der Waals surface area contributed by atoms with E-state index < -0.39 is 11.2 Å². The molecule has 0 amide bonds. The second-order valence-corrected chi connectivity index (χ2v) is 7.95. The summed E-state index contributed by atoms with van der Waals surface area (Å²) in [5, 5.41) is 10.9. The summed E-state index contributed by atoms with van der Waals surface area (Å²) in [6, 6.07) is 1.87. The zero-order chi connectivity index (χ0) is 18.1. The third kappa shape index (κ3) is 4.17. The van der Waals surface area contributed by atoms with Gasteiger partial charge in [-0.1, -0.05) is 6.92 Å². The van der Waals surface area contributed by atoms with Crippen LogP contribution in [0.4, 0.5) is 11.4 Å². The molecule has 1 saturated heterocycles. The van der Waals surface area contributed by atoms with E-state index >= 15 is 0 Å². The minimum atomic E-state index is -0.935. The maximum absolute atomic E-state index is 12.2. The third-order valence-corrected chi connectivity index (χ3v) is 4.76. The number of aromatic nitrogens is 1. The van der Waals surface area contributed by atoms with Gasteiger partial charge in [0.2, 0.25) is 0 Å². The summed E-state index contributed by atoms with van der Waals surface area (Å²) < 4.78 is 5.43. The van der Waals surface area contributed by atoms with Gasteiger partial charge in [0, 0.05) is 31.1 Å². The van der Waals surface area contributed by atoms with Crippen molar-refractivity contribution in [2.75, 3.05) is 23.7 Å². The number of nitrogens with two attached hydrogens (primary N) is 1. The summed E-state index contributed by atoms with van der Waals surface area (Å²) in [4.78, 5) is 18.4. The van der Waals surface area contributed by atoms with E-state index in [-0.39, 0.29) is 24.2 Å². The van der Waals surface area contributed by atoms with Gasteiger partial charge in [-0.25, -0.2) is 0 Å². The lowest BCUT2D eigenvalue weighted by atomic mass is 9.74. The number of rotatable bonds is 3. The van der Waals surface area contributed by atoms with Crippen LogP contribution < -0.4 is 10.6 Å². The highest BCUT2D eigenvalue weighted by molar-refractivity contribution is 5.71. The Kier molecular flexibility index (Phi) is 5.08. The number of nitrogens with zero attached hydrogens (tertiary/aromatic N) is 2. The predicted molar refractivity (Wildman–Crippen MR) is 94.6 cm³/mol. The Balaban J connectivity index is 2.18. The normalized spacial score (nSPS) is 27.8. The monoisotopic (exact) mass is 335 g/mol. The van der Waals surface area contributed by atoms with Crippen molar-refractivity contribution in [2.45, 2.75) is 52.2 Å². The van der Waals surface area contributed by atoms with Gasteiger partial charge in [0.1, 0.15) is 5.60 Å². The first kappa shape index (κ1) is 18.5. The van der Waals surface area contributed by atoms with Crippen LogP contribution >= 0.6 is 0 Å². The molecular formula is C18H29N3O3. The molecule has 0 spiro atoms. The number of anilines is 2. The molecule has 6 nitrogen and oxygen atoms in total. The molecular weight excluding hydrogens is 306 g/mol. The molecule has 2 heterocycles. The highest BCUT2D eigenvalue weighted by Crippen LogP contribution is 2.38. The number of aliphatic hydroxyl groups is 1. The van der Waals surface area contributed by atoms with Crippen molar-refractivity contribution in [3.63, 3.8) is 0 Å².